The van der Waals surface area contributed by atoms with Gasteiger partial charge < -0.3 is 10.2 Å². The highest BCUT2D eigenvalue weighted by molar-refractivity contribution is 6.34. The number of benzene rings is 2. The third-order valence-corrected chi connectivity index (χ3v) is 4.10. The highest BCUT2D eigenvalue weighted by atomic mass is 35.5. The van der Waals surface area contributed by atoms with Crippen LogP contribution in [0.15, 0.2) is 36.4 Å². The van der Waals surface area contributed by atoms with Crippen molar-refractivity contribution in [2.24, 2.45) is 0 Å². The number of amides is 2. The molecule has 23 heavy (non-hydrogen) atoms. The van der Waals surface area contributed by atoms with E-state index in [1.54, 1.807) is 11.0 Å². The van der Waals surface area contributed by atoms with Gasteiger partial charge in [-0.05, 0) is 48.4 Å². The van der Waals surface area contributed by atoms with Crippen molar-refractivity contribution in [2.75, 3.05) is 16.8 Å². The van der Waals surface area contributed by atoms with Crippen LogP contribution in [0.2, 0.25) is 5.02 Å². The average Bonchev–Trinajstić information content (AvgIpc) is 2.90. The molecule has 2 amide bonds. The minimum absolute atomic E-state index is 0.00127. The second-order valence-corrected chi connectivity index (χ2v) is 5.75. The number of halogens is 2. The number of anilines is 2. The summed E-state index contributed by atoms with van der Waals surface area (Å²) < 4.78 is 13.0. The van der Waals surface area contributed by atoms with E-state index >= 15 is 0 Å². The van der Waals surface area contributed by atoms with Gasteiger partial charge in [-0.15, -0.1) is 0 Å². The fraction of sp³-hybridized carbons (Fsp3) is 0.176. The van der Waals surface area contributed by atoms with Crippen molar-refractivity contribution in [1.82, 2.24) is 0 Å². The molecule has 1 N–H and O–H groups in total. The molecule has 0 radical (unpaired) electrons. The van der Waals surface area contributed by atoms with Crippen molar-refractivity contribution in [1.29, 1.82) is 0 Å². The van der Waals surface area contributed by atoms with E-state index in [0.717, 1.165) is 23.7 Å². The van der Waals surface area contributed by atoms with Crippen LogP contribution >= 0.6 is 11.6 Å². The van der Waals surface area contributed by atoms with E-state index in [1.165, 1.54) is 19.1 Å². The maximum atomic E-state index is 13.0. The first kappa shape index (κ1) is 15.5. The van der Waals surface area contributed by atoms with Crippen molar-refractivity contribution >= 4 is 34.8 Å². The van der Waals surface area contributed by atoms with E-state index in [2.05, 4.69) is 5.32 Å². The second kappa shape index (κ2) is 6.01. The Hall–Kier alpha value is -2.40. The summed E-state index contributed by atoms with van der Waals surface area (Å²) in [6, 6.07) is 9.02. The number of nitrogens with one attached hydrogen (secondary N) is 1. The van der Waals surface area contributed by atoms with Crippen molar-refractivity contribution in [2.45, 2.75) is 13.3 Å². The number of nitrogens with zero attached hydrogens (tertiary/aromatic N) is 1. The molecule has 4 nitrogen and oxygen atoms in total. The molecule has 2 aromatic carbocycles. The van der Waals surface area contributed by atoms with Crippen molar-refractivity contribution < 1.29 is 14.0 Å². The van der Waals surface area contributed by atoms with Gasteiger partial charge in [0, 0.05) is 24.8 Å². The quantitative estimate of drug-likeness (QED) is 0.912. The number of hydrogen-bond donors (Lipinski definition) is 1. The molecule has 0 aliphatic carbocycles. The van der Waals surface area contributed by atoms with Crippen LogP contribution < -0.4 is 10.2 Å². The molecule has 0 saturated heterocycles. The minimum Gasteiger partial charge on any atom is -0.322 e. The van der Waals surface area contributed by atoms with Crippen LogP contribution in [0.1, 0.15) is 22.8 Å². The van der Waals surface area contributed by atoms with Gasteiger partial charge in [0.15, 0.2) is 0 Å². The van der Waals surface area contributed by atoms with Gasteiger partial charge in [-0.1, -0.05) is 11.6 Å². The molecule has 0 unspecified atom stereocenters. The molecular formula is C17H14ClFN2O2. The average molecular weight is 333 g/mol. The van der Waals surface area contributed by atoms with Gasteiger partial charge in [0.2, 0.25) is 5.91 Å². The molecule has 2 aromatic rings. The first-order valence-electron chi connectivity index (χ1n) is 7.13. The van der Waals surface area contributed by atoms with E-state index in [0.29, 0.717) is 12.2 Å². The van der Waals surface area contributed by atoms with E-state index in [1.807, 2.05) is 12.1 Å². The van der Waals surface area contributed by atoms with Crippen LogP contribution in [0.5, 0.6) is 0 Å². The molecule has 0 fully saturated rings. The zero-order valence-corrected chi connectivity index (χ0v) is 13.2. The molecule has 1 aliphatic heterocycles. The number of carbonyl (C=O) groups is 2. The predicted octanol–water partition coefficient (Wildman–Crippen LogP) is 3.64. The van der Waals surface area contributed by atoms with Gasteiger partial charge in [-0.2, -0.15) is 0 Å². The number of rotatable bonds is 2. The molecular weight excluding hydrogens is 319 g/mol. The summed E-state index contributed by atoms with van der Waals surface area (Å²) in [7, 11) is 0. The summed E-state index contributed by atoms with van der Waals surface area (Å²) >= 11 is 5.89. The molecule has 1 aliphatic rings. The van der Waals surface area contributed by atoms with E-state index < -0.39 is 11.7 Å². The van der Waals surface area contributed by atoms with Gasteiger partial charge in [0.1, 0.15) is 5.82 Å². The van der Waals surface area contributed by atoms with Gasteiger partial charge in [-0.3, -0.25) is 9.59 Å². The molecule has 3 rings (SSSR count). The molecule has 6 heteroatoms. The van der Waals surface area contributed by atoms with Gasteiger partial charge in [0.05, 0.1) is 10.6 Å². The van der Waals surface area contributed by atoms with Crippen LogP contribution in [-0.4, -0.2) is 18.4 Å². The lowest BCUT2D eigenvalue weighted by Gasteiger charge is -2.15. The first-order chi connectivity index (χ1) is 11.0. The number of fused-ring (bicyclic) bond motifs is 1. The lowest BCUT2D eigenvalue weighted by molar-refractivity contribution is -0.116. The Morgan fingerprint density at radius 1 is 1.22 bits per heavy atom. The van der Waals surface area contributed by atoms with Crippen LogP contribution in [-0.2, 0) is 11.2 Å². The summed E-state index contributed by atoms with van der Waals surface area (Å²) in [5.74, 6) is -0.900. The molecule has 1 heterocycles. The molecule has 0 bridgehead atoms. The monoisotopic (exact) mass is 332 g/mol. The standard InChI is InChI=1S/C17H14ClFN2O2/c1-10(22)21-7-6-11-8-13(3-5-16(11)21)20-17(23)14-4-2-12(19)9-15(14)18/h2-5,8-9H,6-7H2,1H3,(H,20,23). The van der Waals surface area contributed by atoms with E-state index in [-0.39, 0.29) is 16.5 Å². The largest absolute Gasteiger partial charge is 0.322 e. The van der Waals surface area contributed by atoms with E-state index in [4.69, 9.17) is 11.6 Å². The Kier molecular flexibility index (Phi) is 4.05. The Morgan fingerprint density at radius 3 is 2.70 bits per heavy atom. The van der Waals surface area contributed by atoms with Crippen molar-refractivity contribution in [3.05, 3.63) is 58.4 Å². The highest BCUT2D eigenvalue weighted by Gasteiger charge is 2.22. The highest BCUT2D eigenvalue weighted by Crippen LogP contribution is 2.30. The fourth-order valence-corrected chi connectivity index (χ4v) is 2.93. The smallest absolute Gasteiger partial charge is 0.257 e. The second-order valence-electron chi connectivity index (χ2n) is 5.34. The van der Waals surface area contributed by atoms with Crippen molar-refractivity contribution in [3.63, 3.8) is 0 Å². The minimum atomic E-state index is -0.492. The van der Waals surface area contributed by atoms with Gasteiger partial charge >= 0.3 is 0 Å². The molecule has 118 valence electrons. The molecule has 0 atom stereocenters. The van der Waals surface area contributed by atoms with Crippen molar-refractivity contribution in [3.8, 4) is 0 Å². The number of carbonyl (C=O) groups excluding carboxylic acids is 2. The van der Waals surface area contributed by atoms with Crippen LogP contribution in [0.3, 0.4) is 0 Å². The van der Waals surface area contributed by atoms with Crippen LogP contribution in [0.25, 0.3) is 0 Å². The van der Waals surface area contributed by atoms with Crippen LogP contribution in [0.4, 0.5) is 15.8 Å². The summed E-state index contributed by atoms with van der Waals surface area (Å²) in [6.45, 7) is 2.17. The van der Waals surface area contributed by atoms with Gasteiger partial charge in [-0.25, -0.2) is 4.39 Å². The van der Waals surface area contributed by atoms with Gasteiger partial charge in [0.25, 0.3) is 5.91 Å². The predicted molar refractivity (Wildman–Crippen MR) is 87.5 cm³/mol. The Labute approximate surface area is 137 Å². The number of hydrogen-bond acceptors (Lipinski definition) is 2. The Bertz CT molecular complexity index is 807. The summed E-state index contributed by atoms with van der Waals surface area (Å²) in [5.41, 5.74) is 2.69. The Morgan fingerprint density at radius 2 is 2.00 bits per heavy atom. The topological polar surface area (TPSA) is 49.4 Å². The lowest BCUT2D eigenvalue weighted by atomic mass is 10.1. The maximum absolute atomic E-state index is 13.0. The third kappa shape index (κ3) is 3.05. The lowest BCUT2D eigenvalue weighted by Crippen LogP contribution is -2.25. The fourth-order valence-electron chi connectivity index (χ4n) is 2.68. The van der Waals surface area contributed by atoms with Crippen LogP contribution in [0, 0.1) is 5.82 Å². The summed E-state index contributed by atoms with van der Waals surface area (Å²) in [5, 5.41) is 2.80. The zero-order chi connectivity index (χ0) is 16.6. The summed E-state index contributed by atoms with van der Waals surface area (Å²) in [4.78, 5) is 25.5. The Balaban J connectivity index is 1.81. The maximum Gasteiger partial charge on any atom is 0.257 e. The summed E-state index contributed by atoms with van der Waals surface area (Å²) in [6.07, 6.45) is 0.746. The third-order valence-electron chi connectivity index (χ3n) is 3.79. The molecule has 0 spiro atoms. The SMILES string of the molecule is CC(=O)N1CCc2cc(NC(=O)c3ccc(F)cc3Cl)ccc21. The molecule has 0 saturated carbocycles. The zero-order valence-electron chi connectivity index (χ0n) is 12.4. The first-order valence-corrected chi connectivity index (χ1v) is 7.51. The van der Waals surface area contributed by atoms with E-state index in [9.17, 15) is 14.0 Å². The molecule has 0 aromatic heterocycles. The normalized spacial score (nSPS) is 12.9.